The first-order valence-corrected chi connectivity index (χ1v) is 6.77. The number of halogens is 1. The topological polar surface area (TPSA) is 55.1 Å². The number of rotatable bonds is 6. The van der Waals surface area contributed by atoms with Crippen LogP contribution in [0.1, 0.15) is 44.7 Å². The van der Waals surface area contributed by atoms with E-state index in [1.54, 1.807) is 0 Å². The van der Waals surface area contributed by atoms with Crippen LogP contribution in [0.3, 0.4) is 0 Å². The van der Waals surface area contributed by atoms with E-state index < -0.39 is 6.04 Å². The molecule has 100 valence electrons. The molecule has 3 N–H and O–H groups in total. The number of nitrogens with two attached hydrogens (primary N) is 1. The van der Waals surface area contributed by atoms with Crippen molar-refractivity contribution in [3.63, 3.8) is 0 Å². The van der Waals surface area contributed by atoms with E-state index in [4.69, 9.17) is 17.3 Å². The van der Waals surface area contributed by atoms with Gasteiger partial charge < -0.3 is 11.1 Å². The fourth-order valence-electron chi connectivity index (χ4n) is 1.87. The molecule has 0 heterocycles. The van der Waals surface area contributed by atoms with E-state index in [1.165, 1.54) is 0 Å². The molecule has 0 bridgehead atoms. The maximum Gasteiger partial charge on any atom is 0.237 e. The molecule has 0 aromatic heterocycles. The monoisotopic (exact) mass is 268 g/mol. The van der Waals surface area contributed by atoms with Crippen LogP contribution >= 0.6 is 11.6 Å². The third kappa shape index (κ3) is 4.31. The number of hydrogen-bond donors (Lipinski definition) is 2. The Kier molecular flexibility index (Phi) is 6.16. The van der Waals surface area contributed by atoms with Crippen molar-refractivity contribution >= 4 is 17.5 Å². The molecule has 18 heavy (non-hydrogen) atoms. The first-order chi connectivity index (χ1) is 8.58. The van der Waals surface area contributed by atoms with Crippen LogP contribution in [0, 0.1) is 0 Å². The van der Waals surface area contributed by atoms with Crippen LogP contribution in [0.4, 0.5) is 0 Å². The standard InChI is InChI=1S/C14H21ClN2O/c1-3-6-12(16)14(18)17-13(4-2)10-7-5-8-11(15)9-10/h5,7-9,12-13H,3-4,6,16H2,1-2H3,(H,17,18)/t12-,13?/m1/s1. The Morgan fingerprint density at radius 3 is 2.72 bits per heavy atom. The minimum atomic E-state index is -0.428. The van der Waals surface area contributed by atoms with Crippen molar-refractivity contribution in [1.82, 2.24) is 5.32 Å². The molecule has 0 radical (unpaired) electrons. The van der Waals surface area contributed by atoms with E-state index >= 15 is 0 Å². The van der Waals surface area contributed by atoms with Crippen molar-refractivity contribution in [1.29, 1.82) is 0 Å². The Morgan fingerprint density at radius 1 is 1.44 bits per heavy atom. The third-order valence-corrected chi connectivity index (χ3v) is 3.15. The number of hydrogen-bond acceptors (Lipinski definition) is 2. The second-order valence-electron chi connectivity index (χ2n) is 4.42. The van der Waals surface area contributed by atoms with Gasteiger partial charge in [0.25, 0.3) is 0 Å². The minimum Gasteiger partial charge on any atom is -0.348 e. The van der Waals surface area contributed by atoms with Crippen molar-refractivity contribution < 1.29 is 4.79 Å². The molecule has 4 heteroatoms. The van der Waals surface area contributed by atoms with Gasteiger partial charge in [-0.2, -0.15) is 0 Å². The van der Waals surface area contributed by atoms with Crippen LogP contribution in [-0.2, 0) is 4.79 Å². The average Bonchev–Trinajstić information content (AvgIpc) is 2.35. The zero-order valence-corrected chi connectivity index (χ0v) is 11.7. The zero-order valence-electron chi connectivity index (χ0n) is 10.9. The predicted molar refractivity (Wildman–Crippen MR) is 75.5 cm³/mol. The zero-order chi connectivity index (χ0) is 13.5. The SMILES string of the molecule is CCC[C@@H](N)C(=O)NC(CC)c1cccc(Cl)c1. The summed E-state index contributed by atoms with van der Waals surface area (Å²) in [6.07, 6.45) is 2.42. The Balaban J connectivity index is 2.70. The lowest BCUT2D eigenvalue weighted by atomic mass is 10.0. The summed E-state index contributed by atoms with van der Waals surface area (Å²) in [6, 6.07) is 7.09. The van der Waals surface area contributed by atoms with Gasteiger partial charge in [0.2, 0.25) is 5.91 Å². The molecule has 0 saturated heterocycles. The van der Waals surface area contributed by atoms with Gasteiger partial charge in [-0.3, -0.25) is 4.79 Å². The van der Waals surface area contributed by atoms with Gasteiger partial charge >= 0.3 is 0 Å². The Morgan fingerprint density at radius 2 is 2.17 bits per heavy atom. The molecule has 0 aliphatic carbocycles. The lowest BCUT2D eigenvalue weighted by molar-refractivity contribution is -0.123. The molecule has 0 saturated carbocycles. The molecular weight excluding hydrogens is 248 g/mol. The molecule has 0 fully saturated rings. The Bertz CT molecular complexity index is 395. The molecule has 0 spiro atoms. The Labute approximate surface area is 114 Å². The molecular formula is C14H21ClN2O. The van der Waals surface area contributed by atoms with Gasteiger partial charge in [-0.15, -0.1) is 0 Å². The third-order valence-electron chi connectivity index (χ3n) is 2.91. The van der Waals surface area contributed by atoms with Crippen molar-refractivity contribution in [2.75, 3.05) is 0 Å². The van der Waals surface area contributed by atoms with Crippen LogP contribution in [0.25, 0.3) is 0 Å². The summed E-state index contributed by atoms with van der Waals surface area (Å²) in [4.78, 5) is 11.9. The number of nitrogens with one attached hydrogen (secondary N) is 1. The Hall–Kier alpha value is -1.06. The lowest BCUT2D eigenvalue weighted by Crippen LogP contribution is -2.42. The molecule has 1 aromatic carbocycles. The summed E-state index contributed by atoms with van der Waals surface area (Å²) in [7, 11) is 0. The first-order valence-electron chi connectivity index (χ1n) is 6.39. The van der Waals surface area contributed by atoms with Crippen LogP contribution in [0.15, 0.2) is 24.3 Å². The van der Waals surface area contributed by atoms with E-state index in [0.717, 1.165) is 18.4 Å². The number of carbonyl (C=O) groups is 1. The van der Waals surface area contributed by atoms with Crippen molar-refractivity contribution in [2.45, 2.75) is 45.2 Å². The molecule has 0 aliphatic heterocycles. The highest BCUT2D eigenvalue weighted by Crippen LogP contribution is 2.20. The van der Waals surface area contributed by atoms with Gasteiger partial charge in [-0.1, -0.05) is 44.0 Å². The summed E-state index contributed by atoms with van der Waals surface area (Å²) in [5, 5.41) is 3.65. The van der Waals surface area contributed by atoms with Gasteiger partial charge in [0.1, 0.15) is 0 Å². The van der Waals surface area contributed by atoms with Crippen LogP contribution in [0.2, 0.25) is 5.02 Å². The molecule has 3 nitrogen and oxygen atoms in total. The maximum absolute atomic E-state index is 11.9. The highest BCUT2D eigenvalue weighted by molar-refractivity contribution is 6.30. The van der Waals surface area contributed by atoms with Gasteiger partial charge in [0.05, 0.1) is 12.1 Å². The molecule has 0 aliphatic rings. The molecule has 1 unspecified atom stereocenters. The number of benzene rings is 1. The largest absolute Gasteiger partial charge is 0.348 e. The van der Waals surface area contributed by atoms with E-state index in [0.29, 0.717) is 11.4 Å². The maximum atomic E-state index is 11.9. The summed E-state index contributed by atoms with van der Waals surface area (Å²) >= 11 is 5.96. The lowest BCUT2D eigenvalue weighted by Gasteiger charge is -2.20. The van der Waals surface area contributed by atoms with Gasteiger partial charge in [-0.25, -0.2) is 0 Å². The average molecular weight is 269 g/mol. The van der Waals surface area contributed by atoms with Crippen LogP contribution < -0.4 is 11.1 Å². The fourth-order valence-corrected chi connectivity index (χ4v) is 2.06. The van der Waals surface area contributed by atoms with E-state index in [2.05, 4.69) is 5.32 Å². The quantitative estimate of drug-likeness (QED) is 0.833. The van der Waals surface area contributed by atoms with E-state index in [1.807, 2.05) is 38.1 Å². The second-order valence-corrected chi connectivity index (χ2v) is 4.86. The molecule has 1 amide bonds. The highest BCUT2D eigenvalue weighted by atomic mass is 35.5. The van der Waals surface area contributed by atoms with Crippen molar-refractivity contribution in [3.05, 3.63) is 34.9 Å². The summed E-state index contributed by atoms with van der Waals surface area (Å²) in [5.74, 6) is -0.0938. The van der Waals surface area contributed by atoms with Crippen molar-refractivity contribution in [2.24, 2.45) is 5.73 Å². The molecule has 2 atom stereocenters. The number of amides is 1. The molecule has 1 aromatic rings. The van der Waals surface area contributed by atoms with Crippen molar-refractivity contribution in [3.8, 4) is 0 Å². The molecule has 1 rings (SSSR count). The van der Waals surface area contributed by atoms with Gasteiger partial charge in [-0.05, 0) is 30.5 Å². The van der Waals surface area contributed by atoms with Gasteiger partial charge in [0.15, 0.2) is 0 Å². The summed E-state index contributed by atoms with van der Waals surface area (Å²) in [5.41, 5.74) is 6.82. The van der Waals surface area contributed by atoms with Gasteiger partial charge in [0, 0.05) is 5.02 Å². The van der Waals surface area contributed by atoms with E-state index in [-0.39, 0.29) is 11.9 Å². The van der Waals surface area contributed by atoms with E-state index in [9.17, 15) is 4.79 Å². The normalized spacial score (nSPS) is 14.0. The number of carbonyl (C=O) groups excluding carboxylic acids is 1. The first kappa shape index (κ1) is 15.0. The summed E-state index contributed by atoms with van der Waals surface area (Å²) < 4.78 is 0. The predicted octanol–water partition coefficient (Wildman–Crippen LogP) is 3.03. The minimum absolute atomic E-state index is 0.0286. The fraction of sp³-hybridized carbons (Fsp3) is 0.500. The second kappa shape index (κ2) is 7.39. The summed E-state index contributed by atoms with van der Waals surface area (Å²) in [6.45, 7) is 4.04. The highest BCUT2D eigenvalue weighted by Gasteiger charge is 2.17. The van der Waals surface area contributed by atoms with Crippen LogP contribution in [-0.4, -0.2) is 11.9 Å². The smallest absolute Gasteiger partial charge is 0.237 e. The van der Waals surface area contributed by atoms with Crippen LogP contribution in [0.5, 0.6) is 0 Å².